The molecule has 0 unspecified atom stereocenters. The number of hydrogen-bond acceptors (Lipinski definition) is 4. The lowest BCUT2D eigenvalue weighted by molar-refractivity contribution is 0.411. The van der Waals surface area contributed by atoms with Crippen LogP contribution in [0.4, 0.5) is 11.4 Å². The number of nitrogens with one attached hydrogen (secondary N) is 1. The van der Waals surface area contributed by atoms with E-state index in [-0.39, 0.29) is 0 Å². The van der Waals surface area contributed by atoms with Crippen LogP contribution in [0.3, 0.4) is 0 Å². The van der Waals surface area contributed by atoms with E-state index in [1.54, 1.807) is 0 Å². The van der Waals surface area contributed by atoms with E-state index in [1.807, 2.05) is 26.2 Å². The molecule has 3 rings (SSSR count). The summed E-state index contributed by atoms with van der Waals surface area (Å²) in [5.74, 6) is 0.879. The van der Waals surface area contributed by atoms with Crippen LogP contribution in [0.5, 0.6) is 0 Å². The molecule has 3 aromatic rings. The highest BCUT2D eigenvalue weighted by atomic mass is 16.3. The van der Waals surface area contributed by atoms with Crippen molar-refractivity contribution in [2.45, 2.75) is 0 Å². The third kappa shape index (κ3) is 3.85. The second-order valence-electron chi connectivity index (χ2n) is 7.19. The molecule has 1 aromatic heterocycles. The Morgan fingerprint density at radius 3 is 2.40 bits per heavy atom. The number of nitrogens with two attached hydrogens (primary N) is 1. The molecule has 0 spiro atoms. The standard InChI is InChI=1S/C20H27N4O/c1-23(2)14-22-17-7-10-19-16(11-17)12-20(25-19)15-5-8-18(9-6-15)24(3,4)13-21/h5-12,22H,13-14,21H2,1-4H3/q+1. The SMILES string of the molecule is CN(C)CNc1ccc2oc(-c3ccc([N+](C)(C)CN)cc3)cc2c1. The Morgan fingerprint density at radius 2 is 1.76 bits per heavy atom. The van der Waals surface area contributed by atoms with Gasteiger partial charge in [-0.3, -0.25) is 15.1 Å². The monoisotopic (exact) mass is 339 g/mol. The van der Waals surface area contributed by atoms with Crippen molar-refractivity contribution in [2.24, 2.45) is 5.73 Å². The fraction of sp³-hybridized carbons (Fsp3) is 0.300. The van der Waals surface area contributed by atoms with Crippen molar-refractivity contribution in [1.29, 1.82) is 0 Å². The van der Waals surface area contributed by atoms with Crippen LogP contribution in [0.2, 0.25) is 0 Å². The average molecular weight is 339 g/mol. The lowest BCUT2D eigenvalue weighted by Gasteiger charge is -2.27. The van der Waals surface area contributed by atoms with E-state index in [1.165, 1.54) is 5.69 Å². The third-order valence-electron chi connectivity index (χ3n) is 4.42. The molecule has 0 saturated carbocycles. The number of furan rings is 1. The predicted molar refractivity (Wildman–Crippen MR) is 107 cm³/mol. The summed E-state index contributed by atoms with van der Waals surface area (Å²) in [6.45, 7) is 1.36. The normalized spacial score (nSPS) is 12.1. The first-order valence-electron chi connectivity index (χ1n) is 8.45. The maximum absolute atomic E-state index is 6.02. The van der Waals surface area contributed by atoms with Crippen molar-refractivity contribution in [3.05, 3.63) is 48.5 Å². The van der Waals surface area contributed by atoms with Crippen LogP contribution in [0, 0.1) is 0 Å². The Morgan fingerprint density at radius 1 is 1.04 bits per heavy atom. The van der Waals surface area contributed by atoms with Crippen LogP contribution in [0.15, 0.2) is 52.9 Å². The highest BCUT2D eigenvalue weighted by Crippen LogP contribution is 2.31. The summed E-state index contributed by atoms with van der Waals surface area (Å²) in [6.07, 6.45) is 0. The first-order valence-corrected chi connectivity index (χ1v) is 8.45. The van der Waals surface area contributed by atoms with Gasteiger partial charge in [0.15, 0.2) is 0 Å². The molecule has 0 aliphatic rings. The molecule has 5 nitrogen and oxygen atoms in total. The molecule has 0 radical (unpaired) electrons. The molecule has 132 valence electrons. The minimum Gasteiger partial charge on any atom is -0.456 e. The highest BCUT2D eigenvalue weighted by Gasteiger charge is 2.16. The zero-order valence-electron chi connectivity index (χ0n) is 15.4. The largest absolute Gasteiger partial charge is 0.456 e. The fourth-order valence-electron chi connectivity index (χ4n) is 2.68. The molecule has 0 fully saturated rings. The minimum absolute atomic E-state index is 0.562. The Hall–Kier alpha value is -2.34. The van der Waals surface area contributed by atoms with Crippen molar-refractivity contribution in [1.82, 2.24) is 9.38 Å². The molecule has 0 saturated heterocycles. The van der Waals surface area contributed by atoms with Crippen molar-refractivity contribution in [2.75, 3.05) is 46.8 Å². The van der Waals surface area contributed by atoms with E-state index in [4.69, 9.17) is 10.2 Å². The Bertz CT molecular complexity index is 850. The van der Waals surface area contributed by atoms with E-state index >= 15 is 0 Å². The molecular formula is C20H27N4O+. The smallest absolute Gasteiger partial charge is 0.135 e. The average Bonchev–Trinajstić information content (AvgIpc) is 3.03. The van der Waals surface area contributed by atoms with E-state index in [9.17, 15) is 0 Å². The van der Waals surface area contributed by atoms with Crippen molar-refractivity contribution in [3.8, 4) is 11.3 Å². The van der Waals surface area contributed by atoms with E-state index in [0.29, 0.717) is 11.2 Å². The second kappa shape index (κ2) is 6.88. The third-order valence-corrected chi connectivity index (χ3v) is 4.42. The summed E-state index contributed by atoms with van der Waals surface area (Å²) >= 11 is 0. The Balaban J connectivity index is 1.86. The number of benzene rings is 2. The lowest BCUT2D eigenvalue weighted by Crippen LogP contribution is -2.45. The van der Waals surface area contributed by atoms with E-state index in [0.717, 1.165) is 34.6 Å². The lowest BCUT2D eigenvalue weighted by atomic mass is 10.1. The molecule has 0 bridgehead atoms. The van der Waals surface area contributed by atoms with Crippen LogP contribution in [0.25, 0.3) is 22.3 Å². The number of rotatable bonds is 6. The van der Waals surface area contributed by atoms with Gasteiger partial charge in [-0.1, -0.05) is 0 Å². The van der Waals surface area contributed by atoms with E-state index < -0.39 is 0 Å². The molecule has 5 heteroatoms. The van der Waals surface area contributed by atoms with Gasteiger partial charge in [-0.15, -0.1) is 0 Å². The summed E-state index contributed by atoms with van der Waals surface area (Å²) < 4.78 is 6.67. The van der Waals surface area contributed by atoms with Gasteiger partial charge in [0.05, 0.1) is 20.8 Å². The van der Waals surface area contributed by atoms with Gasteiger partial charge in [-0.05, 0) is 62.6 Å². The molecule has 1 heterocycles. The van der Waals surface area contributed by atoms with Gasteiger partial charge in [0.2, 0.25) is 0 Å². The highest BCUT2D eigenvalue weighted by molar-refractivity contribution is 5.85. The molecular weight excluding hydrogens is 312 g/mol. The zero-order chi connectivity index (χ0) is 18.0. The van der Waals surface area contributed by atoms with Crippen molar-refractivity contribution >= 4 is 22.3 Å². The maximum atomic E-state index is 6.02. The Kier molecular flexibility index (Phi) is 4.81. The topological polar surface area (TPSA) is 54.4 Å². The molecule has 2 aromatic carbocycles. The summed E-state index contributed by atoms with van der Waals surface area (Å²) in [7, 11) is 8.27. The van der Waals surface area contributed by atoms with Gasteiger partial charge >= 0.3 is 0 Å². The quantitative estimate of drug-likeness (QED) is 0.533. The van der Waals surface area contributed by atoms with Crippen LogP contribution < -0.4 is 15.5 Å². The van der Waals surface area contributed by atoms with Gasteiger partial charge in [-0.2, -0.15) is 0 Å². The summed E-state index contributed by atoms with van der Waals surface area (Å²) in [5.41, 5.74) is 10.1. The summed E-state index contributed by atoms with van der Waals surface area (Å²) in [5, 5.41) is 4.48. The van der Waals surface area contributed by atoms with Gasteiger partial charge in [0.25, 0.3) is 0 Å². The van der Waals surface area contributed by atoms with Crippen LogP contribution >= 0.6 is 0 Å². The molecule has 0 aliphatic heterocycles. The van der Waals surface area contributed by atoms with Gasteiger partial charge in [0, 0.05) is 16.6 Å². The summed E-state index contributed by atoms with van der Waals surface area (Å²) in [6, 6.07) is 16.7. The minimum atomic E-state index is 0.562. The van der Waals surface area contributed by atoms with Crippen LogP contribution in [-0.2, 0) is 0 Å². The van der Waals surface area contributed by atoms with Gasteiger partial charge < -0.3 is 9.73 Å². The number of hydrogen-bond donors (Lipinski definition) is 2. The predicted octanol–water partition coefficient (Wildman–Crippen LogP) is 3.51. The number of quaternary nitrogens is 1. The van der Waals surface area contributed by atoms with Gasteiger partial charge in [-0.25, -0.2) is 0 Å². The Labute approximate surface area is 149 Å². The summed E-state index contributed by atoms with van der Waals surface area (Å²) in [4.78, 5) is 2.09. The zero-order valence-corrected chi connectivity index (χ0v) is 15.4. The number of anilines is 1. The first-order chi connectivity index (χ1) is 11.9. The fourth-order valence-corrected chi connectivity index (χ4v) is 2.68. The first kappa shape index (κ1) is 17.5. The van der Waals surface area contributed by atoms with E-state index in [2.05, 4.69) is 60.7 Å². The van der Waals surface area contributed by atoms with Gasteiger partial charge in [0.1, 0.15) is 23.7 Å². The van der Waals surface area contributed by atoms with Crippen LogP contribution in [-0.4, -0.2) is 46.4 Å². The van der Waals surface area contributed by atoms with Crippen molar-refractivity contribution in [3.63, 3.8) is 0 Å². The second-order valence-corrected chi connectivity index (χ2v) is 7.19. The molecule has 0 amide bonds. The molecule has 3 N–H and O–H groups in total. The molecule has 0 atom stereocenters. The van der Waals surface area contributed by atoms with Crippen LogP contribution in [0.1, 0.15) is 0 Å². The number of fused-ring (bicyclic) bond motifs is 1. The van der Waals surface area contributed by atoms with Crippen molar-refractivity contribution < 1.29 is 4.42 Å². The maximum Gasteiger partial charge on any atom is 0.135 e. The number of nitrogens with zero attached hydrogens (tertiary/aromatic N) is 2. The molecule has 25 heavy (non-hydrogen) atoms. The molecule has 0 aliphatic carbocycles.